The topological polar surface area (TPSA) is 28.7 Å². The monoisotopic (exact) mass is 764 g/mol. The summed E-state index contributed by atoms with van der Waals surface area (Å²) >= 11 is 0. The van der Waals surface area contributed by atoms with Gasteiger partial charge in [0.2, 0.25) is 0 Å². The van der Waals surface area contributed by atoms with Crippen LogP contribution in [0.2, 0.25) is 0 Å². The number of nitrogens with zero attached hydrogens (tertiary/aromatic N) is 1. The zero-order chi connectivity index (χ0) is 30.9. The van der Waals surface area contributed by atoms with Crippen LogP contribution in [0.15, 0.2) is 170 Å². The second-order valence-corrected chi connectivity index (χ2v) is 10.3. The fourth-order valence-electron chi connectivity index (χ4n) is 4.90. The first kappa shape index (κ1) is 33.8. The molecule has 2 aliphatic rings. The van der Waals surface area contributed by atoms with E-state index in [-0.39, 0.29) is 21.1 Å². The second-order valence-electron chi connectivity index (χ2n) is 10.3. The second kappa shape index (κ2) is 18.7. The van der Waals surface area contributed by atoms with E-state index in [1.165, 1.54) is 44.1 Å². The molecule has 0 saturated carbocycles. The predicted molar refractivity (Wildman–Crippen MR) is 194 cm³/mol. The summed E-state index contributed by atoms with van der Waals surface area (Å²) in [6.45, 7) is 5.19. The average Bonchev–Trinajstić information content (AvgIpc) is 3.94. The fraction of sp³-hybridized carbons (Fsp3) is 0.0465. The van der Waals surface area contributed by atoms with Gasteiger partial charge in [-0.05, 0) is 46.2 Å². The molecule has 9 rings (SSSR count). The van der Waals surface area contributed by atoms with Crippen molar-refractivity contribution < 1.29 is 21.1 Å². The molecule has 0 unspecified atom stereocenters. The van der Waals surface area contributed by atoms with Crippen LogP contribution in [0.5, 0.6) is 0 Å². The molecular weight excluding hydrogens is 728 g/mol. The summed E-state index contributed by atoms with van der Waals surface area (Å²) in [4.78, 5) is 7.45. The smallest absolute Gasteiger partial charge is 0.366 e. The van der Waals surface area contributed by atoms with Gasteiger partial charge >= 0.3 is 21.1 Å². The minimum atomic E-state index is 0. The van der Waals surface area contributed by atoms with Crippen molar-refractivity contribution in [3.8, 4) is 0 Å². The Morgan fingerprint density at radius 1 is 0.652 bits per heavy atom. The number of allylic oxidation sites excluding steroid dienone is 5. The number of fused-ring (bicyclic) bond motifs is 5. The third-order valence-corrected chi connectivity index (χ3v) is 7.23. The third kappa shape index (κ3) is 9.99. The molecule has 0 radical (unpaired) electrons. The fourth-order valence-corrected chi connectivity index (χ4v) is 4.90. The molecule has 0 amide bonds. The Hall–Kier alpha value is -5.04. The van der Waals surface area contributed by atoms with Crippen molar-refractivity contribution in [2.24, 2.45) is 0 Å². The Bertz CT molecular complexity index is 1940. The van der Waals surface area contributed by atoms with Crippen molar-refractivity contribution >= 4 is 44.6 Å². The van der Waals surface area contributed by atoms with E-state index in [1.807, 2.05) is 73.2 Å². The number of hydrogen-bond acceptors (Lipinski definition) is 1. The van der Waals surface area contributed by atoms with Gasteiger partial charge in [0, 0.05) is 29.4 Å². The number of benzene rings is 5. The third-order valence-electron chi connectivity index (χ3n) is 7.23. The first-order chi connectivity index (χ1) is 22.3. The Morgan fingerprint density at radius 3 is 1.91 bits per heavy atom. The van der Waals surface area contributed by atoms with E-state index in [9.17, 15) is 0 Å². The zero-order valence-electron chi connectivity index (χ0n) is 25.7. The number of pyridine rings is 1. The van der Waals surface area contributed by atoms with E-state index in [0.717, 1.165) is 23.9 Å². The van der Waals surface area contributed by atoms with E-state index in [1.54, 1.807) is 0 Å². The number of para-hydroxylation sites is 1. The van der Waals surface area contributed by atoms with Crippen LogP contribution in [0.1, 0.15) is 23.1 Å². The number of rotatable bonds is 1. The molecule has 0 saturated heterocycles. The van der Waals surface area contributed by atoms with Gasteiger partial charge in [0.1, 0.15) is 0 Å². The van der Waals surface area contributed by atoms with Crippen LogP contribution >= 0.6 is 0 Å². The van der Waals surface area contributed by atoms with Crippen LogP contribution < -0.4 is 0 Å². The number of H-pyrrole nitrogens is 1. The van der Waals surface area contributed by atoms with Crippen LogP contribution in [-0.2, 0) is 27.5 Å². The summed E-state index contributed by atoms with van der Waals surface area (Å²) in [5.41, 5.74) is 4.84. The Morgan fingerprint density at radius 2 is 1.28 bits per heavy atom. The van der Waals surface area contributed by atoms with Gasteiger partial charge in [0.15, 0.2) is 0 Å². The van der Waals surface area contributed by atoms with E-state index >= 15 is 0 Å². The van der Waals surface area contributed by atoms with E-state index in [0.29, 0.717) is 0 Å². The number of aromatic amines is 1. The quantitative estimate of drug-likeness (QED) is 0.131. The van der Waals surface area contributed by atoms with Gasteiger partial charge in [-0.25, -0.2) is 12.1 Å². The molecule has 46 heavy (non-hydrogen) atoms. The number of aromatic nitrogens is 2. The van der Waals surface area contributed by atoms with Crippen molar-refractivity contribution in [1.29, 1.82) is 0 Å². The van der Waals surface area contributed by atoms with Gasteiger partial charge in [-0.3, -0.25) is 4.98 Å². The Labute approximate surface area is 286 Å². The van der Waals surface area contributed by atoms with Crippen molar-refractivity contribution in [2.75, 3.05) is 0 Å². The summed E-state index contributed by atoms with van der Waals surface area (Å²) in [6, 6.07) is 43.8. The van der Waals surface area contributed by atoms with E-state index in [2.05, 4.69) is 119 Å². The molecule has 2 nitrogen and oxygen atoms in total. The van der Waals surface area contributed by atoms with Gasteiger partial charge in [0.25, 0.3) is 0 Å². The maximum absolute atomic E-state index is 5.19. The molecule has 7 aromatic rings. The Balaban J connectivity index is 0.000000135. The Kier molecular flexibility index (Phi) is 13.8. The van der Waals surface area contributed by atoms with Crippen LogP contribution in [0.25, 0.3) is 44.6 Å². The minimum Gasteiger partial charge on any atom is -0.366 e. The van der Waals surface area contributed by atoms with Crippen LogP contribution in [0.4, 0.5) is 0 Å². The summed E-state index contributed by atoms with van der Waals surface area (Å²) in [6.07, 6.45) is 22.4. The van der Waals surface area contributed by atoms with Crippen LogP contribution in [-0.4, -0.2) is 9.97 Å². The normalized spacial score (nSPS) is 11.4. The molecule has 3 heteroatoms. The van der Waals surface area contributed by atoms with E-state index in [4.69, 9.17) is 6.58 Å². The maximum Gasteiger partial charge on any atom is 2.00 e. The van der Waals surface area contributed by atoms with Gasteiger partial charge in [-0.2, -0.15) is 12.1 Å². The van der Waals surface area contributed by atoms with Crippen molar-refractivity contribution in [2.45, 2.75) is 12.8 Å². The average molecular weight is 765 g/mol. The van der Waals surface area contributed by atoms with Gasteiger partial charge in [-0.15, -0.1) is 6.07 Å². The molecule has 2 heterocycles. The van der Waals surface area contributed by atoms with Gasteiger partial charge in [-0.1, -0.05) is 127 Å². The first-order valence-electron chi connectivity index (χ1n) is 15.1. The van der Waals surface area contributed by atoms with Gasteiger partial charge < -0.3 is 23.2 Å². The predicted octanol–water partition coefficient (Wildman–Crippen LogP) is 11.2. The summed E-state index contributed by atoms with van der Waals surface area (Å²) in [5.74, 6) is 0. The molecule has 0 fully saturated rings. The summed E-state index contributed by atoms with van der Waals surface area (Å²) in [5, 5.41) is 6.25. The summed E-state index contributed by atoms with van der Waals surface area (Å²) in [7, 11) is 0. The molecule has 2 aliphatic carbocycles. The standard InChI is InChI=1S/C13H9N.C9H8.C8H7N.C8H6.C5H6.W/c1-2-6-11-10(5-1)9-14-13-8-4-3-7-12(11)13;1-2-5-9-7-3-6-8(9)4-1;1-2-4-8-6-9-5-7(8)3-1;1-2-8-6-4-3-5-7-8;1-2-4-5-3-1;/h1-9H;1-6H,7H2;1-6,9H;1-6H;1-4H,5H2;/q;;;-2;;+2. The molecule has 2 aromatic heterocycles. The molecule has 0 bridgehead atoms. The molecule has 5 aromatic carbocycles. The zero-order valence-corrected chi connectivity index (χ0v) is 28.6. The van der Waals surface area contributed by atoms with Crippen molar-refractivity contribution in [3.63, 3.8) is 0 Å². The maximum atomic E-state index is 5.19. The molecule has 224 valence electrons. The van der Waals surface area contributed by atoms with Crippen molar-refractivity contribution in [3.05, 3.63) is 200 Å². The van der Waals surface area contributed by atoms with Crippen molar-refractivity contribution in [1.82, 2.24) is 9.97 Å². The number of nitrogens with one attached hydrogen (secondary N) is 1. The van der Waals surface area contributed by atoms with Gasteiger partial charge in [0.05, 0.1) is 5.52 Å². The molecule has 1 N–H and O–H groups in total. The summed E-state index contributed by atoms with van der Waals surface area (Å²) < 4.78 is 0. The molecular formula is C43H36N2W. The first-order valence-corrected chi connectivity index (χ1v) is 15.1. The molecule has 0 aliphatic heterocycles. The SMILES string of the molecule is C1=CCC=C1.C1=Cc2ccccc2C1.[CH-]=Cc1[c-]cccc1.[W+2].c1ccc2c(c1)cnc1ccccc12.c1ccc2c[nH]cc2c1. The van der Waals surface area contributed by atoms with Crippen LogP contribution in [0.3, 0.4) is 0 Å². The van der Waals surface area contributed by atoms with Crippen LogP contribution in [0, 0.1) is 12.6 Å². The largest absolute Gasteiger partial charge is 2.00 e. The minimum absolute atomic E-state index is 0. The molecule has 0 spiro atoms. The number of hydrogen-bond donors (Lipinski definition) is 1. The van der Waals surface area contributed by atoms with E-state index < -0.39 is 0 Å². The molecule has 0 atom stereocenters.